The zero-order valence-corrected chi connectivity index (χ0v) is 9.67. The van der Waals surface area contributed by atoms with Crippen LogP contribution in [0.15, 0.2) is 24.3 Å². The highest BCUT2D eigenvalue weighted by Crippen LogP contribution is 2.31. The van der Waals surface area contributed by atoms with Crippen molar-refractivity contribution in [3.05, 3.63) is 29.8 Å². The van der Waals surface area contributed by atoms with Crippen LogP contribution in [0.2, 0.25) is 0 Å². The van der Waals surface area contributed by atoms with Crippen molar-refractivity contribution in [1.82, 2.24) is 0 Å². The number of alkyl halides is 3. The van der Waals surface area contributed by atoms with Crippen LogP contribution in [0.4, 0.5) is 13.2 Å². The highest BCUT2D eigenvalue weighted by atomic mass is 19.4. The summed E-state index contributed by atoms with van der Waals surface area (Å²) in [5.41, 5.74) is 0.281. The van der Waals surface area contributed by atoms with Crippen LogP contribution in [-0.4, -0.2) is 12.1 Å². The molecule has 98 valence electrons. The number of ketones is 1. The van der Waals surface area contributed by atoms with E-state index in [2.05, 4.69) is 4.74 Å². The van der Waals surface area contributed by atoms with Crippen LogP contribution in [0, 0.1) is 5.92 Å². The molecule has 2 nitrogen and oxygen atoms in total. The minimum absolute atomic E-state index is 0.118. The number of halogens is 3. The van der Waals surface area contributed by atoms with Gasteiger partial charge in [-0.15, -0.1) is 13.2 Å². The van der Waals surface area contributed by atoms with E-state index >= 15 is 0 Å². The molecular weight excluding hydrogens is 245 g/mol. The molecule has 0 unspecified atom stereocenters. The van der Waals surface area contributed by atoms with Gasteiger partial charge in [0.25, 0.3) is 0 Å². The van der Waals surface area contributed by atoms with Crippen LogP contribution >= 0.6 is 0 Å². The van der Waals surface area contributed by atoms with Crippen LogP contribution in [0.5, 0.6) is 5.75 Å². The molecule has 0 saturated heterocycles. The normalized spacial score (nSPS) is 16.2. The Bertz CT molecular complexity index is 436. The second-order valence-electron chi connectivity index (χ2n) is 4.50. The first-order valence-electron chi connectivity index (χ1n) is 5.83. The number of Topliss-reactive ketones (excluding diaryl/α,β-unsaturated/α-hetero) is 1. The summed E-state index contributed by atoms with van der Waals surface area (Å²) in [6, 6.07) is 5.25. The smallest absolute Gasteiger partial charge is 0.406 e. The van der Waals surface area contributed by atoms with Gasteiger partial charge >= 0.3 is 6.36 Å². The standard InChI is InChI=1S/C13H13F3O2/c14-13(15,16)18-11-6-2-5-10(8-11)12(17)7-9-3-1-4-9/h2,5-6,8-9H,1,3-4,7H2. The molecule has 5 heteroatoms. The fraction of sp³-hybridized carbons (Fsp3) is 0.462. The number of benzene rings is 1. The van der Waals surface area contributed by atoms with E-state index in [0.29, 0.717) is 12.3 Å². The predicted molar refractivity (Wildman–Crippen MR) is 59.4 cm³/mol. The summed E-state index contributed by atoms with van der Waals surface area (Å²) < 4.78 is 39.9. The summed E-state index contributed by atoms with van der Waals surface area (Å²) in [5, 5.41) is 0. The lowest BCUT2D eigenvalue weighted by atomic mass is 9.81. The van der Waals surface area contributed by atoms with E-state index in [-0.39, 0.29) is 17.1 Å². The van der Waals surface area contributed by atoms with Gasteiger partial charge in [-0.2, -0.15) is 0 Å². The number of hydrogen-bond donors (Lipinski definition) is 0. The third-order valence-electron chi connectivity index (χ3n) is 3.09. The van der Waals surface area contributed by atoms with Crippen molar-refractivity contribution in [1.29, 1.82) is 0 Å². The maximum atomic E-state index is 12.0. The summed E-state index contributed by atoms with van der Waals surface area (Å²) in [7, 11) is 0. The summed E-state index contributed by atoms with van der Waals surface area (Å²) in [6.45, 7) is 0. The van der Waals surface area contributed by atoms with Crippen LogP contribution < -0.4 is 4.74 Å². The monoisotopic (exact) mass is 258 g/mol. The van der Waals surface area contributed by atoms with Crippen molar-refractivity contribution in [3.8, 4) is 5.75 Å². The van der Waals surface area contributed by atoms with Crippen molar-refractivity contribution in [3.63, 3.8) is 0 Å². The van der Waals surface area contributed by atoms with E-state index in [0.717, 1.165) is 25.3 Å². The number of ether oxygens (including phenoxy) is 1. The van der Waals surface area contributed by atoms with Crippen molar-refractivity contribution in [2.75, 3.05) is 0 Å². The van der Waals surface area contributed by atoms with Gasteiger partial charge in [0.15, 0.2) is 5.78 Å². The molecule has 1 aliphatic carbocycles. The maximum Gasteiger partial charge on any atom is 0.573 e. The molecule has 0 aliphatic heterocycles. The van der Waals surface area contributed by atoms with Gasteiger partial charge in [0.05, 0.1) is 0 Å². The lowest BCUT2D eigenvalue weighted by Gasteiger charge is -2.24. The van der Waals surface area contributed by atoms with Crippen LogP contribution in [0.3, 0.4) is 0 Å². The van der Waals surface area contributed by atoms with Gasteiger partial charge in [0.2, 0.25) is 0 Å². The predicted octanol–water partition coefficient (Wildman–Crippen LogP) is 3.96. The van der Waals surface area contributed by atoms with Crippen molar-refractivity contribution in [2.45, 2.75) is 32.0 Å². The SMILES string of the molecule is O=C(CC1CCC1)c1cccc(OC(F)(F)F)c1. The second kappa shape index (κ2) is 5.00. The van der Waals surface area contributed by atoms with Gasteiger partial charge in [-0.1, -0.05) is 31.4 Å². The van der Waals surface area contributed by atoms with E-state index in [1.165, 1.54) is 18.2 Å². The van der Waals surface area contributed by atoms with E-state index in [1.807, 2.05) is 0 Å². The molecule has 0 spiro atoms. The average Bonchev–Trinajstić information content (AvgIpc) is 2.21. The highest BCUT2D eigenvalue weighted by Gasteiger charge is 2.31. The van der Waals surface area contributed by atoms with Gasteiger partial charge in [-0.05, 0) is 18.1 Å². The van der Waals surface area contributed by atoms with E-state index in [1.54, 1.807) is 0 Å². The first-order chi connectivity index (χ1) is 8.44. The van der Waals surface area contributed by atoms with Gasteiger partial charge in [-0.25, -0.2) is 0 Å². The lowest BCUT2D eigenvalue weighted by molar-refractivity contribution is -0.274. The molecule has 1 aliphatic rings. The third kappa shape index (κ3) is 3.48. The van der Waals surface area contributed by atoms with E-state index in [4.69, 9.17) is 0 Å². The van der Waals surface area contributed by atoms with E-state index < -0.39 is 6.36 Å². The van der Waals surface area contributed by atoms with Crippen molar-refractivity contribution >= 4 is 5.78 Å². The maximum absolute atomic E-state index is 12.0. The number of hydrogen-bond acceptors (Lipinski definition) is 2. The summed E-state index contributed by atoms with van der Waals surface area (Å²) in [6.07, 6.45) is -1.12. The highest BCUT2D eigenvalue weighted by molar-refractivity contribution is 5.96. The molecule has 1 aromatic carbocycles. The zero-order valence-electron chi connectivity index (χ0n) is 9.67. The first-order valence-corrected chi connectivity index (χ1v) is 5.83. The topological polar surface area (TPSA) is 26.3 Å². The van der Waals surface area contributed by atoms with Crippen LogP contribution in [0.1, 0.15) is 36.0 Å². The van der Waals surface area contributed by atoms with Crippen molar-refractivity contribution in [2.24, 2.45) is 5.92 Å². The summed E-state index contributed by atoms with van der Waals surface area (Å²) >= 11 is 0. The van der Waals surface area contributed by atoms with Crippen LogP contribution in [0.25, 0.3) is 0 Å². The van der Waals surface area contributed by atoms with E-state index in [9.17, 15) is 18.0 Å². The quantitative estimate of drug-likeness (QED) is 0.764. The molecule has 2 rings (SSSR count). The molecule has 0 atom stereocenters. The zero-order chi connectivity index (χ0) is 13.2. The number of carbonyl (C=O) groups is 1. The fourth-order valence-electron chi connectivity index (χ4n) is 1.94. The molecule has 0 N–H and O–H groups in total. The molecule has 0 radical (unpaired) electrons. The number of rotatable bonds is 4. The summed E-state index contributed by atoms with van der Waals surface area (Å²) in [4.78, 5) is 11.8. The minimum Gasteiger partial charge on any atom is -0.406 e. The molecule has 1 saturated carbocycles. The van der Waals surface area contributed by atoms with Gasteiger partial charge in [0.1, 0.15) is 5.75 Å². The largest absolute Gasteiger partial charge is 0.573 e. The van der Waals surface area contributed by atoms with Gasteiger partial charge in [0, 0.05) is 12.0 Å². The molecule has 0 heterocycles. The van der Waals surface area contributed by atoms with Crippen LogP contribution in [-0.2, 0) is 0 Å². The average molecular weight is 258 g/mol. The lowest BCUT2D eigenvalue weighted by Crippen LogP contribution is -2.18. The second-order valence-corrected chi connectivity index (χ2v) is 4.50. The Morgan fingerprint density at radius 3 is 2.61 bits per heavy atom. The van der Waals surface area contributed by atoms with Crippen molar-refractivity contribution < 1.29 is 22.7 Å². The van der Waals surface area contributed by atoms with Gasteiger partial charge in [-0.3, -0.25) is 4.79 Å². The molecule has 1 fully saturated rings. The molecular formula is C13H13F3O2. The molecule has 0 aromatic heterocycles. The number of carbonyl (C=O) groups excluding carboxylic acids is 1. The Morgan fingerprint density at radius 2 is 2.06 bits per heavy atom. The minimum atomic E-state index is -4.73. The molecule has 18 heavy (non-hydrogen) atoms. The Labute approximate surface area is 103 Å². The summed E-state index contributed by atoms with van der Waals surface area (Å²) in [5.74, 6) is -0.0704. The Kier molecular flexibility index (Phi) is 3.59. The molecule has 0 bridgehead atoms. The Balaban J connectivity index is 2.03. The molecule has 1 aromatic rings. The Hall–Kier alpha value is -1.52. The Morgan fingerprint density at radius 1 is 1.33 bits per heavy atom. The first kappa shape index (κ1) is 12.9. The fourth-order valence-corrected chi connectivity index (χ4v) is 1.94. The molecule has 0 amide bonds. The van der Waals surface area contributed by atoms with Gasteiger partial charge < -0.3 is 4.74 Å². The third-order valence-corrected chi connectivity index (χ3v) is 3.09.